The number of pyridine rings is 1. The van der Waals surface area contributed by atoms with Crippen LogP contribution in [0, 0.1) is 0 Å². The van der Waals surface area contributed by atoms with Gasteiger partial charge in [-0.25, -0.2) is 0 Å². The molecule has 2 heteroatoms. The summed E-state index contributed by atoms with van der Waals surface area (Å²) in [6.45, 7) is 0.561. The lowest BCUT2D eigenvalue weighted by molar-refractivity contribution is 0.793. The summed E-state index contributed by atoms with van der Waals surface area (Å²) >= 11 is 0. The summed E-state index contributed by atoms with van der Waals surface area (Å²) in [4.78, 5) is 4.45. The normalized spacial score (nSPS) is 12.5. The number of nitrogens with zero attached hydrogens (tertiary/aromatic N) is 1. The standard InChI is InChI=1S/C17H16N2/c18-12-16(17-10-3-4-11-19-17)15-9-5-7-13-6-1-2-8-14(13)15/h1-11,16H,12,18H2. The maximum atomic E-state index is 5.99. The predicted octanol–water partition coefficient (Wildman–Crippen LogP) is 3.33. The SMILES string of the molecule is NCC(c1ccccn1)c1cccc2ccccc12. The Labute approximate surface area is 112 Å². The zero-order valence-corrected chi connectivity index (χ0v) is 10.7. The topological polar surface area (TPSA) is 38.9 Å². The fraction of sp³-hybridized carbons (Fsp3) is 0.118. The van der Waals surface area contributed by atoms with Crippen molar-refractivity contribution in [2.24, 2.45) is 5.73 Å². The molecule has 0 amide bonds. The van der Waals surface area contributed by atoms with E-state index >= 15 is 0 Å². The zero-order chi connectivity index (χ0) is 13.1. The summed E-state index contributed by atoms with van der Waals surface area (Å²) in [5.74, 6) is 0.146. The summed E-state index contributed by atoms with van der Waals surface area (Å²) in [5, 5.41) is 2.50. The van der Waals surface area contributed by atoms with Gasteiger partial charge in [0.25, 0.3) is 0 Å². The number of hydrogen-bond acceptors (Lipinski definition) is 2. The Balaban J connectivity index is 2.17. The van der Waals surface area contributed by atoms with Crippen LogP contribution in [0.5, 0.6) is 0 Å². The van der Waals surface area contributed by atoms with Gasteiger partial charge in [0.05, 0.1) is 0 Å². The number of benzene rings is 2. The van der Waals surface area contributed by atoms with Crippen molar-refractivity contribution in [1.29, 1.82) is 0 Å². The number of aromatic nitrogens is 1. The third-order valence-corrected chi connectivity index (χ3v) is 3.48. The fourth-order valence-electron chi connectivity index (χ4n) is 2.54. The predicted molar refractivity (Wildman–Crippen MR) is 79.1 cm³/mol. The van der Waals surface area contributed by atoms with Crippen LogP contribution < -0.4 is 5.73 Å². The lowest BCUT2D eigenvalue weighted by atomic mass is 9.91. The van der Waals surface area contributed by atoms with Crippen LogP contribution >= 0.6 is 0 Å². The second-order valence-corrected chi connectivity index (χ2v) is 4.61. The average molecular weight is 248 g/mol. The van der Waals surface area contributed by atoms with E-state index in [9.17, 15) is 0 Å². The van der Waals surface area contributed by atoms with Crippen molar-refractivity contribution in [1.82, 2.24) is 4.98 Å². The molecule has 0 bridgehead atoms. The van der Waals surface area contributed by atoms with Crippen LogP contribution in [0.2, 0.25) is 0 Å². The second-order valence-electron chi connectivity index (χ2n) is 4.61. The maximum absolute atomic E-state index is 5.99. The average Bonchev–Trinajstić information content (AvgIpc) is 2.49. The van der Waals surface area contributed by atoms with Gasteiger partial charge in [-0.05, 0) is 28.5 Å². The Bertz CT molecular complexity index is 672. The van der Waals surface area contributed by atoms with Crippen molar-refractivity contribution in [3.8, 4) is 0 Å². The van der Waals surface area contributed by atoms with Gasteiger partial charge in [0.2, 0.25) is 0 Å². The molecule has 2 N–H and O–H groups in total. The first-order valence-corrected chi connectivity index (χ1v) is 6.49. The van der Waals surface area contributed by atoms with E-state index in [4.69, 9.17) is 5.73 Å². The second kappa shape index (κ2) is 5.21. The van der Waals surface area contributed by atoms with E-state index in [1.807, 2.05) is 24.4 Å². The van der Waals surface area contributed by atoms with E-state index in [1.54, 1.807) is 0 Å². The number of hydrogen-bond donors (Lipinski definition) is 1. The summed E-state index contributed by atoms with van der Waals surface area (Å²) in [6, 6.07) is 20.8. The lowest BCUT2D eigenvalue weighted by Gasteiger charge is -2.17. The van der Waals surface area contributed by atoms with Crippen LogP contribution in [-0.4, -0.2) is 11.5 Å². The monoisotopic (exact) mass is 248 g/mol. The molecule has 1 unspecified atom stereocenters. The summed E-state index contributed by atoms with van der Waals surface area (Å²) in [5.41, 5.74) is 8.27. The molecule has 0 aliphatic heterocycles. The third-order valence-electron chi connectivity index (χ3n) is 3.48. The van der Waals surface area contributed by atoms with E-state index in [0.29, 0.717) is 6.54 Å². The third kappa shape index (κ3) is 2.23. The van der Waals surface area contributed by atoms with Crippen LogP contribution in [0.15, 0.2) is 66.9 Å². The van der Waals surface area contributed by atoms with Gasteiger partial charge in [-0.2, -0.15) is 0 Å². The Kier molecular flexibility index (Phi) is 3.25. The van der Waals surface area contributed by atoms with Crippen LogP contribution in [0.3, 0.4) is 0 Å². The minimum absolute atomic E-state index is 0.146. The molecule has 0 saturated heterocycles. The molecule has 2 nitrogen and oxygen atoms in total. The minimum atomic E-state index is 0.146. The van der Waals surface area contributed by atoms with Gasteiger partial charge in [0.15, 0.2) is 0 Å². The number of fused-ring (bicyclic) bond motifs is 1. The number of rotatable bonds is 3. The van der Waals surface area contributed by atoms with Gasteiger partial charge < -0.3 is 5.73 Å². The van der Waals surface area contributed by atoms with E-state index in [1.165, 1.54) is 16.3 Å². The van der Waals surface area contributed by atoms with Crippen LogP contribution in [-0.2, 0) is 0 Å². The van der Waals surface area contributed by atoms with E-state index in [0.717, 1.165) is 5.69 Å². The molecule has 0 spiro atoms. The number of nitrogens with two attached hydrogens (primary N) is 1. The molecule has 0 aliphatic carbocycles. The molecule has 1 aromatic heterocycles. The highest BCUT2D eigenvalue weighted by Gasteiger charge is 2.15. The first kappa shape index (κ1) is 11.9. The van der Waals surface area contributed by atoms with Gasteiger partial charge in [-0.3, -0.25) is 4.98 Å². The highest BCUT2D eigenvalue weighted by Crippen LogP contribution is 2.28. The van der Waals surface area contributed by atoms with E-state index in [-0.39, 0.29) is 5.92 Å². The van der Waals surface area contributed by atoms with Gasteiger partial charge >= 0.3 is 0 Å². The van der Waals surface area contributed by atoms with Crippen LogP contribution in [0.1, 0.15) is 17.2 Å². The van der Waals surface area contributed by atoms with E-state index < -0.39 is 0 Å². The molecule has 0 radical (unpaired) electrons. The van der Waals surface area contributed by atoms with Crippen molar-refractivity contribution in [2.75, 3.05) is 6.54 Å². The minimum Gasteiger partial charge on any atom is -0.329 e. The van der Waals surface area contributed by atoms with Crippen molar-refractivity contribution in [3.63, 3.8) is 0 Å². The Morgan fingerprint density at radius 1 is 0.895 bits per heavy atom. The Hall–Kier alpha value is -2.19. The van der Waals surface area contributed by atoms with Gasteiger partial charge in [0.1, 0.15) is 0 Å². The lowest BCUT2D eigenvalue weighted by Crippen LogP contribution is -2.15. The summed E-state index contributed by atoms with van der Waals surface area (Å²) < 4.78 is 0. The van der Waals surface area contributed by atoms with E-state index in [2.05, 4.69) is 47.4 Å². The van der Waals surface area contributed by atoms with Crippen LogP contribution in [0.25, 0.3) is 10.8 Å². The first-order valence-electron chi connectivity index (χ1n) is 6.49. The molecule has 19 heavy (non-hydrogen) atoms. The molecule has 0 aliphatic rings. The zero-order valence-electron chi connectivity index (χ0n) is 10.7. The van der Waals surface area contributed by atoms with Crippen molar-refractivity contribution in [2.45, 2.75) is 5.92 Å². The molecule has 3 aromatic rings. The highest BCUT2D eigenvalue weighted by molar-refractivity contribution is 5.86. The van der Waals surface area contributed by atoms with Crippen molar-refractivity contribution < 1.29 is 0 Å². The van der Waals surface area contributed by atoms with Crippen LogP contribution in [0.4, 0.5) is 0 Å². The van der Waals surface area contributed by atoms with Gasteiger partial charge in [-0.1, -0.05) is 48.5 Å². The molecule has 0 fully saturated rings. The van der Waals surface area contributed by atoms with Crippen molar-refractivity contribution in [3.05, 3.63) is 78.1 Å². The Morgan fingerprint density at radius 2 is 1.68 bits per heavy atom. The van der Waals surface area contributed by atoms with Crippen molar-refractivity contribution >= 4 is 10.8 Å². The molecule has 3 rings (SSSR count). The fourth-order valence-corrected chi connectivity index (χ4v) is 2.54. The molecule has 0 saturated carbocycles. The van der Waals surface area contributed by atoms with Gasteiger partial charge in [0, 0.05) is 24.4 Å². The molecular weight excluding hydrogens is 232 g/mol. The largest absolute Gasteiger partial charge is 0.329 e. The van der Waals surface area contributed by atoms with Gasteiger partial charge in [-0.15, -0.1) is 0 Å². The smallest absolute Gasteiger partial charge is 0.0491 e. The molecule has 2 aromatic carbocycles. The first-order chi connectivity index (χ1) is 9.40. The quantitative estimate of drug-likeness (QED) is 0.772. The molecule has 1 atom stereocenters. The maximum Gasteiger partial charge on any atom is 0.0491 e. The molecule has 94 valence electrons. The summed E-state index contributed by atoms with van der Waals surface area (Å²) in [6.07, 6.45) is 1.82. The Morgan fingerprint density at radius 3 is 2.47 bits per heavy atom. The molecular formula is C17H16N2. The molecule has 1 heterocycles. The summed E-state index contributed by atoms with van der Waals surface area (Å²) in [7, 11) is 0. The highest BCUT2D eigenvalue weighted by atomic mass is 14.7.